The van der Waals surface area contributed by atoms with Crippen LogP contribution in [0.15, 0.2) is 91.3 Å². The van der Waals surface area contributed by atoms with Crippen LogP contribution in [-0.4, -0.2) is 28.6 Å². The molecule has 1 N–H and O–H groups in total. The number of nitrogens with zero attached hydrogens (tertiary/aromatic N) is 1. The first-order chi connectivity index (χ1) is 19.7. The normalized spacial score (nSPS) is 16.6. The highest BCUT2D eigenvalue weighted by atomic mass is 16.5. The van der Waals surface area contributed by atoms with E-state index in [9.17, 15) is 9.59 Å². The fourth-order valence-electron chi connectivity index (χ4n) is 5.33. The number of rotatable bonds is 14. The van der Waals surface area contributed by atoms with Crippen LogP contribution in [0.1, 0.15) is 69.6 Å². The molecule has 0 radical (unpaired) electrons. The first kappa shape index (κ1) is 30.4. The summed E-state index contributed by atoms with van der Waals surface area (Å²) in [5.74, 6) is 0.654. The number of pyridine rings is 1. The number of ketones is 2. The smallest absolute Gasteiger partial charge is 0.150 e. The fraction of sp³-hybridized carbons (Fsp3) is 0.417. The standard InChI is InChI=1S/C36H44N2O3/c1-36(2,3)25-35(40)30(22-27-14-16-32(17-15-27)41-26-29-10-6-4-7-11-29)24-34(39)33(23-28-18-20-37-21-19-28)38-31-12-8-5-9-13-31/h4,6-8,10-12,14-21,30-31,33,38H,5,9,13,22-26H2,1-3H3/t30-,31?,33+/m1/s1. The quantitative estimate of drug-likeness (QED) is 0.216. The summed E-state index contributed by atoms with van der Waals surface area (Å²) in [6, 6.07) is 21.7. The Morgan fingerprint density at radius 3 is 2.27 bits per heavy atom. The van der Waals surface area contributed by atoms with Gasteiger partial charge in [-0.25, -0.2) is 0 Å². The number of ether oxygens (including phenoxy) is 1. The lowest BCUT2D eigenvalue weighted by Gasteiger charge is -2.27. The summed E-state index contributed by atoms with van der Waals surface area (Å²) >= 11 is 0. The van der Waals surface area contributed by atoms with Crippen molar-refractivity contribution >= 4 is 11.6 Å². The Labute approximate surface area is 245 Å². The molecule has 0 fully saturated rings. The Morgan fingerprint density at radius 2 is 1.61 bits per heavy atom. The molecule has 4 rings (SSSR count). The van der Waals surface area contributed by atoms with Crippen LogP contribution in [0.2, 0.25) is 0 Å². The Morgan fingerprint density at radius 1 is 0.902 bits per heavy atom. The highest BCUT2D eigenvalue weighted by Crippen LogP contribution is 2.26. The van der Waals surface area contributed by atoms with Crippen LogP contribution in [0.25, 0.3) is 0 Å². The Kier molecular flexibility index (Phi) is 11.0. The van der Waals surface area contributed by atoms with Gasteiger partial charge in [0.2, 0.25) is 0 Å². The molecule has 3 aromatic rings. The molecule has 1 aromatic heterocycles. The van der Waals surface area contributed by atoms with Crippen molar-refractivity contribution in [2.75, 3.05) is 0 Å². The van der Waals surface area contributed by atoms with Gasteiger partial charge in [-0.15, -0.1) is 0 Å². The van der Waals surface area contributed by atoms with Gasteiger partial charge in [0.1, 0.15) is 18.1 Å². The second-order valence-electron chi connectivity index (χ2n) is 12.4. The van der Waals surface area contributed by atoms with E-state index in [0.29, 0.717) is 25.9 Å². The van der Waals surface area contributed by atoms with E-state index in [-0.39, 0.29) is 41.4 Å². The first-order valence-corrected chi connectivity index (χ1v) is 14.9. The van der Waals surface area contributed by atoms with Gasteiger partial charge in [-0.05, 0) is 78.5 Å². The van der Waals surface area contributed by atoms with E-state index in [1.807, 2.05) is 66.7 Å². The lowest BCUT2D eigenvalue weighted by Crippen LogP contribution is -2.45. The van der Waals surface area contributed by atoms with E-state index in [2.05, 4.69) is 43.2 Å². The molecular formula is C36H44N2O3. The highest BCUT2D eigenvalue weighted by molar-refractivity contribution is 5.91. The van der Waals surface area contributed by atoms with E-state index in [1.54, 1.807) is 12.4 Å². The predicted molar refractivity (Wildman–Crippen MR) is 165 cm³/mol. The summed E-state index contributed by atoms with van der Waals surface area (Å²) in [6.45, 7) is 6.73. The van der Waals surface area contributed by atoms with Gasteiger partial charge in [0.25, 0.3) is 0 Å². The largest absolute Gasteiger partial charge is 0.489 e. The lowest BCUT2D eigenvalue weighted by atomic mass is 9.80. The second kappa shape index (κ2) is 14.9. The summed E-state index contributed by atoms with van der Waals surface area (Å²) in [4.78, 5) is 31.6. The van der Waals surface area contributed by atoms with Crippen molar-refractivity contribution in [1.82, 2.24) is 10.3 Å². The molecule has 0 saturated carbocycles. The van der Waals surface area contributed by atoms with Gasteiger partial charge in [0, 0.05) is 37.2 Å². The van der Waals surface area contributed by atoms with Crippen molar-refractivity contribution in [2.24, 2.45) is 11.3 Å². The van der Waals surface area contributed by atoms with Crippen molar-refractivity contribution in [2.45, 2.75) is 84.4 Å². The molecule has 3 atom stereocenters. The van der Waals surface area contributed by atoms with Crippen molar-refractivity contribution in [3.8, 4) is 5.75 Å². The summed E-state index contributed by atoms with van der Waals surface area (Å²) in [5.41, 5.74) is 3.07. The maximum absolute atomic E-state index is 13.9. The third kappa shape index (κ3) is 10.4. The Balaban J connectivity index is 1.47. The number of aromatic nitrogens is 1. The molecule has 41 heavy (non-hydrogen) atoms. The summed E-state index contributed by atoms with van der Waals surface area (Å²) < 4.78 is 5.95. The van der Waals surface area contributed by atoms with Crippen molar-refractivity contribution < 1.29 is 14.3 Å². The Hall–Kier alpha value is -3.57. The molecule has 1 heterocycles. The maximum Gasteiger partial charge on any atom is 0.150 e. The molecule has 0 aliphatic heterocycles. The van der Waals surface area contributed by atoms with Gasteiger partial charge in [-0.2, -0.15) is 0 Å². The van der Waals surface area contributed by atoms with Crippen molar-refractivity contribution in [1.29, 1.82) is 0 Å². The van der Waals surface area contributed by atoms with Crippen LogP contribution in [0.5, 0.6) is 5.75 Å². The predicted octanol–water partition coefficient (Wildman–Crippen LogP) is 7.09. The van der Waals surface area contributed by atoms with E-state index in [4.69, 9.17) is 4.74 Å². The monoisotopic (exact) mass is 552 g/mol. The van der Waals surface area contributed by atoms with Crippen LogP contribution in [0, 0.1) is 11.3 Å². The zero-order valence-electron chi connectivity index (χ0n) is 24.7. The molecule has 0 bridgehead atoms. The average molecular weight is 553 g/mol. The van der Waals surface area contributed by atoms with Crippen LogP contribution in [0.3, 0.4) is 0 Å². The first-order valence-electron chi connectivity index (χ1n) is 14.9. The SMILES string of the molecule is CC(C)(C)CC(=O)[C@@H](CC(=O)[C@H](Cc1ccncc1)NC1C=CCCC1)Cc1ccc(OCc2ccccc2)cc1. The molecule has 216 valence electrons. The molecule has 1 aliphatic carbocycles. The van der Waals surface area contributed by atoms with Gasteiger partial charge >= 0.3 is 0 Å². The van der Waals surface area contributed by atoms with Crippen molar-refractivity contribution in [3.63, 3.8) is 0 Å². The lowest BCUT2D eigenvalue weighted by molar-refractivity contribution is -0.130. The minimum absolute atomic E-state index is 0.0934. The molecule has 5 heteroatoms. The van der Waals surface area contributed by atoms with Crippen molar-refractivity contribution in [3.05, 3.63) is 108 Å². The molecule has 1 unspecified atom stereocenters. The van der Waals surface area contributed by atoms with Crippen LogP contribution in [0.4, 0.5) is 0 Å². The number of nitrogens with one attached hydrogen (secondary N) is 1. The summed E-state index contributed by atoms with van der Waals surface area (Å²) in [5, 5.41) is 3.61. The number of benzene rings is 2. The number of carbonyl (C=O) groups excluding carboxylic acids is 2. The second-order valence-corrected chi connectivity index (χ2v) is 12.4. The molecule has 2 aromatic carbocycles. The minimum atomic E-state index is -0.374. The fourth-order valence-corrected chi connectivity index (χ4v) is 5.33. The Bertz CT molecular complexity index is 1260. The molecule has 0 amide bonds. The molecular weight excluding hydrogens is 508 g/mol. The summed E-state index contributed by atoms with van der Waals surface area (Å²) in [6.07, 6.45) is 12.9. The highest BCUT2D eigenvalue weighted by Gasteiger charge is 2.30. The van der Waals surface area contributed by atoms with Gasteiger partial charge in [0.15, 0.2) is 5.78 Å². The van der Waals surface area contributed by atoms with Crippen LogP contribution in [-0.2, 0) is 29.0 Å². The zero-order valence-corrected chi connectivity index (χ0v) is 24.7. The van der Waals surface area contributed by atoms with Gasteiger partial charge < -0.3 is 10.1 Å². The summed E-state index contributed by atoms with van der Waals surface area (Å²) in [7, 11) is 0. The number of hydrogen-bond acceptors (Lipinski definition) is 5. The number of carbonyl (C=O) groups is 2. The van der Waals surface area contributed by atoms with E-state index < -0.39 is 0 Å². The number of allylic oxidation sites excluding steroid dienone is 1. The number of hydrogen-bond donors (Lipinski definition) is 1. The maximum atomic E-state index is 13.9. The van der Waals surface area contributed by atoms with Crippen LogP contribution >= 0.6 is 0 Å². The van der Waals surface area contributed by atoms with Gasteiger partial charge in [-0.3, -0.25) is 14.6 Å². The average Bonchev–Trinajstić information content (AvgIpc) is 2.97. The molecule has 1 aliphatic rings. The van der Waals surface area contributed by atoms with E-state index in [0.717, 1.165) is 41.7 Å². The van der Waals surface area contributed by atoms with E-state index in [1.165, 1.54) is 0 Å². The third-order valence-corrected chi connectivity index (χ3v) is 7.51. The zero-order chi connectivity index (χ0) is 29.1. The molecule has 5 nitrogen and oxygen atoms in total. The van der Waals surface area contributed by atoms with Crippen LogP contribution < -0.4 is 10.1 Å². The number of Topliss-reactive ketones (excluding diaryl/α,β-unsaturated/α-hetero) is 2. The molecule has 0 saturated heterocycles. The van der Waals surface area contributed by atoms with Gasteiger partial charge in [-0.1, -0.05) is 75.4 Å². The molecule has 0 spiro atoms. The van der Waals surface area contributed by atoms with E-state index >= 15 is 0 Å². The van der Waals surface area contributed by atoms with Gasteiger partial charge in [0.05, 0.1) is 6.04 Å². The third-order valence-electron chi connectivity index (χ3n) is 7.51. The minimum Gasteiger partial charge on any atom is -0.489 e. The topological polar surface area (TPSA) is 68.3 Å².